The lowest BCUT2D eigenvalue weighted by Crippen LogP contribution is -2.43. The Bertz CT molecular complexity index is 1220. The zero-order chi connectivity index (χ0) is 25.7. The standard InChI is InChI=1S/C26H33FN6O3/c1-15(35-2)11-13-36-26-17-6-5-9-21(16(17)10-12-30-26)31-24-18(23(29)34)14-19(27)25(33-24)32-22-8-4-3-7-20(22)28/h5-6,9-10,12,14-15,20,22H,3-4,7-8,11,13,28H2,1-2H3,(H2,29,34)(H2,31,32,33)/t15?,20-,22+/m0/s1. The van der Waals surface area contributed by atoms with Crippen LogP contribution in [-0.2, 0) is 4.74 Å². The number of nitrogens with one attached hydrogen (secondary N) is 2. The maximum absolute atomic E-state index is 14.9. The van der Waals surface area contributed by atoms with Gasteiger partial charge in [0.2, 0.25) is 5.88 Å². The second-order valence-corrected chi connectivity index (χ2v) is 9.10. The average Bonchev–Trinajstić information content (AvgIpc) is 2.87. The molecule has 1 fully saturated rings. The number of benzene rings is 1. The Morgan fingerprint density at radius 1 is 1.22 bits per heavy atom. The fraction of sp³-hybridized carbons (Fsp3) is 0.423. The molecule has 1 aliphatic carbocycles. The van der Waals surface area contributed by atoms with Crippen molar-refractivity contribution < 1.29 is 18.7 Å². The highest BCUT2D eigenvalue weighted by Crippen LogP contribution is 2.33. The van der Waals surface area contributed by atoms with Crippen molar-refractivity contribution >= 4 is 34.0 Å². The van der Waals surface area contributed by atoms with E-state index in [9.17, 15) is 9.18 Å². The van der Waals surface area contributed by atoms with Crippen molar-refractivity contribution in [3.8, 4) is 5.88 Å². The molecule has 9 nitrogen and oxygen atoms in total. The highest BCUT2D eigenvalue weighted by atomic mass is 19.1. The number of hydrogen-bond acceptors (Lipinski definition) is 8. The lowest BCUT2D eigenvalue weighted by molar-refractivity contribution is 0.0950. The van der Waals surface area contributed by atoms with Gasteiger partial charge in [-0.1, -0.05) is 18.9 Å². The molecule has 10 heteroatoms. The van der Waals surface area contributed by atoms with E-state index in [1.54, 1.807) is 13.3 Å². The quantitative estimate of drug-likeness (QED) is 0.329. The number of ether oxygens (including phenoxy) is 2. The summed E-state index contributed by atoms with van der Waals surface area (Å²) in [6.45, 7) is 2.42. The maximum Gasteiger partial charge on any atom is 0.252 e. The van der Waals surface area contributed by atoms with Crippen molar-refractivity contribution in [1.82, 2.24) is 9.97 Å². The first-order chi connectivity index (χ1) is 17.4. The molecule has 0 bridgehead atoms. The lowest BCUT2D eigenvalue weighted by Gasteiger charge is -2.30. The number of hydrogen-bond donors (Lipinski definition) is 4. The zero-order valence-electron chi connectivity index (χ0n) is 20.6. The van der Waals surface area contributed by atoms with E-state index in [1.807, 2.05) is 31.2 Å². The van der Waals surface area contributed by atoms with Gasteiger partial charge >= 0.3 is 0 Å². The minimum atomic E-state index is -0.789. The summed E-state index contributed by atoms with van der Waals surface area (Å²) in [7, 11) is 1.66. The third-order valence-corrected chi connectivity index (χ3v) is 6.57. The van der Waals surface area contributed by atoms with Gasteiger partial charge < -0.3 is 31.6 Å². The van der Waals surface area contributed by atoms with E-state index >= 15 is 0 Å². The van der Waals surface area contributed by atoms with Crippen LogP contribution in [0, 0.1) is 5.82 Å². The molecule has 1 aliphatic rings. The second-order valence-electron chi connectivity index (χ2n) is 9.10. The van der Waals surface area contributed by atoms with Crippen molar-refractivity contribution in [2.45, 2.75) is 57.2 Å². The maximum atomic E-state index is 14.9. The summed E-state index contributed by atoms with van der Waals surface area (Å²) in [4.78, 5) is 20.9. The summed E-state index contributed by atoms with van der Waals surface area (Å²) in [5.74, 6) is -0.784. The first kappa shape index (κ1) is 25.6. The van der Waals surface area contributed by atoms with E-state index in [0.717, 1.165) is 42.5 Å². The van der Waals surface area contributed by atoms with Crippen molar-refractivity contribution in [3.05, 3.63) is 47.9 Å². The Balaban J connectivity index is 1.64. The van der Waals surface area contributed by atoms with E-state index in [1.165, 1.54) is 0 Å². The number of methoxy groups -OCH3 is 1. The molecule has 1 aromatic carbocycles. The SMILES string of the molecule is COC(C)CCOc1nccc2c(Nc3nc(N[C@@H]4CCCC[C@@H]4N)c(F)cc3C(N)=O)cccc12. The first-order valence-electron chi connectivity index (χ1n) is 12.2. The summed E-state index contributed by atoms with van der Waals surface area (Å²) < 4.78 is 26.1. The molecule has 0 aliphatic heterocycles. The second kappa shape index (κ2) is 11.5. The number of aromatic nitrogens is 2. The highest BCUT2D eigenvalue weighted by Gasteiger charge is 2.24. The van der Waals surface area contributed by atoms with Gasteiger partial charge in [-0.25, -0.2) is 14.4 Å². The smallest absolute Gasteiger partial charge is 0.252 e. The Morgan fingerprint density at radius 2 is 2.03 bits per heavy atom. The van der Waals surface area contributed by atoms with Crippen LogP contribution >= 0.6 is 0 Å². The van der Waals surface area contributed by atoms with Crippen molar-refractivity contribution in [1.29, 1.82) is 0 Å². The van der Waals surface area contributed by atoms with Gasteiger partial charge in [0.1, 0.15) is 5.82 Å². The first-order valence-corrected chi connectivity index (χ1v) is 12.2. The van der Waals surface area contributed by atoms with Gasteiger partial charge in [0.25, 0.3) is 5.91 Å². The molecule has 1 unspecified atom stereocenters. The lowest BCUT2D eigenvalue weighted by atomic mass is 9.91. The Labute approximate surface area is 209 Å². The van der Waals surface area contributed by atoms with Crippen molar-refractivity contribution in [2.24, 2.45) is 11.5 Å². The topological polar surface area (TPSA) is 137 Å². The predicted octanol–water partition coefficient (Wildman–Crippen LogP) is 4.10. The van der Waals surface area contributed by atoms with Gasteiger partial charge in [-0.3, -0.25) is 4.79 Å². The third kappa shape index (κ3) is 5.83. The Morgan fingerprint density at radius 3 is 2.78 bits per heavy atom. The number of pyridine rings is 2. The van der Waals surface area contributed by atoms with Gasteiger partial charge in [-0.15, -0.1) is 0 Å². The number of primary amides is 1. The number of halogens is 1. The molecule has 1 amide bonds. The molecule has 0 spiro atoms. The van der Waals surface area contributed by atoms with Crippen LogP contribution < -0.4 is 26.8 Å². The van der Waals surface area contributed by atoms with Crippen molar-refractivity contribution in [2.75, 3.05) is 24.4 Å². The molecule has 1 saturated carbocycles. The summed E-state index contributed by atoms with van der Waals surface area (Å²) in [6.07, 6.45) is 6.18. The molecule has 0 saturated heterocycles. The number of carbonyl (C=O) groups is 1. The van der Waals surface area contributed by atoms with E-state index in [-0.39, 0.29) is 35.4 Å². The molecular weight excluding hydrogens is 463 g/mol. The molecule has 36 heavy (non-hydrogen) atoms. The summed E-state index contributed by atoms with van der Waals surface area (Å²) in [5, 5.41) is 7.88. The van der Waals surface area contributed by atoms with Gasteiger partial charge in [0.05, 0.1) is 18.3 Å². The number of nitrogens with two attached hydrogens (primary N) is 2. The largest absolute Gasteiger partial charge is 0.477 e. The third-order valence-electron chi connectivity index (χ3n) is 6.57. The summed E-state index contributed by atoms with van der Waals surface area (Å²) >= 11 is 0. The fourth-order valence-corrected chi connectivity index (χ4v) is 4.36. The normalized spacial score (nSPS) is 18.6. The number of nitrogens with zero attached hydrogens (tertiary/aromatic N) is 2. The van der Waals surface area contributed by atoms with Crippen LogP contribution in [0.1, 0.15) is 49.4 Å². The van der Waals surface area contributed by atoms with Crippen LogP contribution in [0.15, 0.2) is 36.5 Å². The molecule has 6 N–H and O–H groups in total. The molecule has 3 aromatic rings. The number of amides is 1. The number of rotatable bonds is 10. The van der Waals surface area contributed by atoms with E-state index < -0.39 is 11.7 Å². The molecular formula is C26H33FN6O3. The molecule has 0 radical (unpaired) electrons. The van der Waals surface area contributed by atoms with Gasteiger partial charge in [-0.2, -0.15) is 0 Å². The molecule has 3 atom stereocenters. The monoisotopic (exact) mass is 496 g/mol. The minimum Gasteiger partial charge on any atom is -0.477 e. The fourth-order valence-electron chi connectivity index (χ4n) is 4.36. The molecule has 192 valence electrons. The molecule has 4 rings (SSSR count). The van der Waals surface area contributed by atoms with E-state index in [4.69, 9.17) is 20.9 Å². The van der Waals surface area contributed by atoms with Crippen LogP contribution in [0.5, 0.6) is 5.88 Å². The Kier molecular flexibility index (Phi) is 8.17. The summed E-state index contributed by atoms with van der Waals surface area (Å²) in [6, 6.07) is 8.31. The van der Waals surface area contributed by atoms with Crippen molar-refractivity contribution in [3.63, 3.8) is 0 Å². The van der Waals surface area contributed by atoms with Crippen LogP contribution in [0.2, 0.25) is 0 Å². The number of anilines is 3. The van der Waals surface area contributed by atoms with Crippen LogP contribution in [0.4, 0.5) is 21.7 Å². The predicted molar refractivity (Wildman–Crippen MR) is 138 cm³/mol. The molecule has 2 aromatic heterocycles. The number of fused-ring (bicyclic) bond motifs is 1. The average molecular weight is 497 g/mol. The highest BCUT2D eigenvalue weighted by molar-refractivity contribution is 6.02. The van der Waals surface area contributed by atoms with Gasteiger partial charge in [0.15, 0.2) is 11.6 Å². The van der Waals surface area contributed by atoms with Crippen LogP contribution in [-0.4, -0.2) is 47.8 Å². The minimum absolute atomic E-state index is 0.0306. The molecule has 2 heterocycles. The van der Waals surface area contributed by atoms with E-state index in [2.05, 4.69) is 20.6 Å². The van der Waals surface area contributed by atoms with Gasteiger partial charge in [-0.05, 0) is 44.0 Å². The van der Waals surface area contributed by atoms with Crippen LogP contribution in [0.3, 0.4) is 0 Å². The van der Waals surface area contributed by atoms with E-state index in [0.29, 0.717) is 24.6 Å². The zero-order valence-corrected chi connectivity index (χ0v) is 20.6. The van der Waals surface area contributed by atoms with Gasteiger partial charge in [0, 0.05) is 48.3 Å². The summed E-state index contributed by atoms with van der Waals surface area (Å²) in [5.41, 5.74) is 12.4. The number of carbonyl (C=O) groups excluding carboxylic acids is 1. The Hall–Kier alpha value is -3.50. The van der Waals surface area contributed by atoms with Crippen LogP contribution in [0.25, 0.3) is 10.8 Å².